The molecule has 3 aromatic carbocycles. The van der Waals surface area contributed by atoms with Crippen LogP contribution in [0.25, 0.3) is 11.1 Å². The third kappa shape index (κ3) is 3.39. The fourth-order valence-electron chi connectivity index (χ4n) is 2.44. The van der Waals surface area contributed by atoms with Crippen molar-refractivity contribution in [1.82, 2.24) is 0 Å². The van der Waals surface area contributed by atoms with Gasteiger partial charge < -0.3 is 0 Å². The van der Waals surface area contributed by atoms with Crippen LogP contribution in [-0.4, -0.2) is 0 Å². The van der Waals surface area contributed by atoms with Crippen LogP contribution in [0.5, 0.6) is 0 Å². The zero-order valence-corrected chi connectivity index (χ0v) is 13.4. The molecule has 0 saturated carbocycles. The number of alkyl halides is 3. The maximum absolute atomic E-state index is 12.8. The van der Waals surface area contributed by atoms with Crippen molar-refractivity contribution in [2.24, 2.45) is 0 Å². The summed E-state index contributed by atoms with van der Waals surface area (Å²) < 4.78 is 50.9. The normalized spacial score (nSPS) is 12.0. The Morgan fingerprint density at radius 2 is 1.29 bits per heavy atom. The summed E-state index contributed by atoms with van der Waals surface area (Å²) in [6.45, 7) is 0. The number of hydrogen-bond acceptors (Lipinski definition) is 1. The topological polar surface area (TPSA) is 17.1 Å². The minimum Gasteiger partial charge on any atom is -0.166 e. The molecule has 3 aromatic rings. The van der Waals surface area contributed by atoms with Crippen LogP contribution < -0.4 is 10.6 Å². The molecule has 1 nitrogen and oxygen atoms in total. The van der Waals surface area contributed by atoms with Crippen molar-refractivity contribution in [2.45, 2.75) is 6.18 Å². The first-order chi connectivity index (χ1) is 11.5. The molecule has 0 N–H and O–H groups in total. The van der Waals surface area contributed by atoms with Gasteiger partial charge >= 0.3 is 14.0 Å². The Bertz CT molecular complexity index is 856. The molecule has 0 bridgehead atoms. The van der Waals surface area contributed by atoms with Gasteiger partial charge in [0.15, 0.2) is 5.30 Å². The van der Waals surface area contributed by atoms with E-state index in [-0.39, 0.29) is 0 Å². The van der Waals surface area contributed by atoms with Gasteiger partial charge in [-0.2, -0.15) is 13.2 Å². The van der Waals surface area contributed by atoms with E-state index in [1.165, 1.54) is 12.1 Å². The van der Waals surface area contributed by atoms with Gasteiger partial charge in [-0.25, -0.2) is 0 Å². The molecule has 0 amide bonds. The first-order valence-corrected chi connectivity index (χ1v) is 8.52. The molecule has 0 aliphatic heterocycles. The third-order valence-electron chi connectivity index (χ3n) is 3.64. The van der Waals surface area contributed by atoms with E-state index in [1.807, 2.05) is 18.2 Å². The second-order valence-corrected chi connectivity index (χ2v) is 6.81. The summed E-state index contributed by atoms with van der Waals surface area (Å²) in [5.74, 6) is 0. The van der Waals surface area contributed by atoms with Crippen molar-refractivity contribution in [3.8, 4) is 11.1 Å². The van der Waals surface area contributed by atoms with Crippen LogP contribution in [0.1, 0.15) is 5.56 Å². The number of benzene rings is 3. The lowest BCUT2D eigenvalue weighted by molar-refractivity contribution is -0.137. The lowest BCUT2D eigenvalue weighted by atomic mass is 10.0. The summed E-state index contributed by atoms with van der Waals surface area (Å²) in [4.78, 5) is 0. The maximum Gasteiger partial charge on any atom is 0.416 e. The van der Waals surface area contributed by atoms with E-state index in [0.717, 1.165) is 12.1 Å². The molecule has 0 heterocycles. The highest BCUT2D eigenvalue weighted by atomic mass is 31.1. The first kappa shape index (κ1) is 16.4. The summed E-state index contributed by atoms with van der Waals surface area (Å²) in [5.41, 5.74) is 0.588. The molecule has 0 aliphatic carbocycles. The van der Waals surface area contributed by atoms with Crippen LogP contribution >= 0.6 is 7.80 Å². The molecule has 120 valence electrons. The fourth-order valence-corrected chi connectivity index (χ4v) is 3.80. The Morgan fingerprint density at radius 3 is 1.92 bits per heavy atom. The van der Waals surface area contributed by atoms with E-state index in [2.05, 4.69) is 0 Å². The van der Waals surface area contributed by atoms with Gasteiger partial charge in [0.2, 0.25) is 5.30 Å². The van der Waals surface area contributed by atoms with Gasteiger partial charge in [0.1, 0.15) is 0 Å². The summed E-state index contributed by atoms with van der Waals surface area (Å²) in [7, 11) is -1.82. The van der Waals surface area contributed by atoms with Crippen LogP contribution in [0.2, 0.25) is 0 Å². The number of rotatable bonds is 3. The third-order valence-corrected chi connectivity index (χ3v) is 5.23. The lowest BCUT2D eigenvalue weighted by Gasteiger charge is -2.08. The zero-order chi connectivity index (χ0) is 17.2. The Labute approximate surface area is 138 Å². The van der Waals surface area contributed by atoms with E-state index >= 15 is 0 Å². The Morgan fingerprint density at radius 1 is 0.708 bits per heavy atom. The molecule has 24 heavy (non-hydrogen) atoms. The van der Waals surface area contributed by atoms with E-state index in [4.69, 9.17) is 0 Å². The molecule has 0 saturated heterocycles. The van der Waals surface area contributed by atoms with E-state index in [9.17, 15) is 17.7 Å². The highest BCUT2D eigenvalue weighted by Gasteiger charge is 2.31. The van der Waals surface area contributed by atoms with Crippen molar-refractivity contribution in [2.75, 3.05) is 0 Å². The predicted molar refractivity (Wildman–Crippen MR) is 90.2 cm³/mol. The van der Waals surface area contributed by atoms with Gasteiger partial charge in [-0.15, -0.1) is 0 Å². The van der Waals surface area contributed by atoms with E-state index in [0.29, 0.717) is 21.7 Å². The predicted octanol–water partition coefficient (Wildman–Crippen LogP) is 5.15. The van der Waals surface area contributed by atoms with Gasteiger partial charge in [0, 0.05) is 5.56 Å². The van der Waals surface area contributed by atoms with Crippen LogP contribution in [0.3, 0.4) is 0 Å². The average Bonchev–Trinajstić information content (AvgIpc) is 2.61. The monoisotopic (exact) mass is 345 g/mol. The average molecular weight is 345 g/mol. The number of halogens is 3. The summed E-state index contributed by atoms with van der Waals surface area (Å²) in [6, 6.07) is 21.0. The van der Waals surface area contributed by atoms with Gasteiger partial charge in [-0.1, -0.05) is 47.0 Å². The quantitative estimate of drug-likeness (QED) is 0.600. The smallest absolute Gasteiger partial charge is 0.166 e. The van der Waals surface area contributed by atoms with E-state index in [1.54, 1.807) is 36.4 Å². The molecule has 0 radical (unpaired) electrons. The Hall–Kier alpha value is -2.45. The summed E-state index contributed by atoms with van der Waals surface area (Å²) >= 11 is 0. The van der Waals surface area contributed by atoms with E-state index < -0.39 is 19.5 Å². The Balaban J connectivity index is 2.03. The standard InChI is InChI=1S/C19H13F3OP/c20-19(21,22)15-12-10-14(11-13-15)17-8-4-5-9-18(17)24(23)16-6-2-1-3-7-16/h1-13H/q+1. The summed E-state index contributed by atoms with van der Waals surface area (Å²) in [5, 5.41) is 1.30. The molecule has 1 atom stereocenters. The molecule has 3 rings (SSSR count). The lowest BCUT2D eigenvalue weighted by Crippen LogP contribution is -2.09. The minimum atomic E-state index is -4.37. The fraction of sp³-hybridized carbons (Fsp3) is 0.0526. The van der Waals surface area contributed by atoms with Crippen LogP contribution in [-0.2, 0) is 10.7 Å². The molecule has 0 aliphatic rings. The largest absolute Gasteiger partial charge is 0.416 e. The first-order valence-electron chi connectivity index (χ1n) is 7.26. The van der Waals surface area contributed by atoms with Crippen molar-refractivity contribution >= 4 is 18.4 Å². The second-order valence-electron chi connectivity index (χ2n) is 5.22. The highest BCUT2D eigenvalue weighted by Crippen LogP contribution is 2.32. The van der Waals surface area contributed by atoms with Crippen molar-refractivity contribution in [3.05, 3.63) is 84.4 Å². The van der Waals surface area contributed by atoms with Crippen LogP contribution in [0.4, 0.5) is 13.2 Å². The van der Waals surface area contributed by atoms with Gasteiger partial charge in [-0.3, -0.25) is 0 Å². The van der Waals surface area contributed by atoms with Crippen LogP contribution in [0, 0.1) is 0 Å². The van der Waals surface area contributed by atoms with Gasteiger partial charge in [0.05, 0.1) is 5.56 Å². The zero-order valence-electron chi connectivity index (χ0n) is 12.5. The second kappa shape index (κ2) is 6.58. The van der Waals surface area contributed by atoms with Gasteiger partial charge in [-0.05, 0) is 42.0 Å². The molecule has 5 heteroatoms. The maximum atomic E-state index is 12.8. The Kier molecular flexibility index (Phi) is 4.50. The molecule has 0 fully saturated rings. The van der Waals surface area contributed by atoms with Gasteiger partial charge in [0.25, 0.3) is 0 Å². The molecular formula is C19H13F3OP+. The van der Waals surface area contributed by atoms with Crippen molar-refractivity contribution < 1.29 is 17.7 Å². The molecule has 0 aromatic heterocycles. The highest BCUT2D eigenvalue weighted by molar-refractivity contribution is 7.61. The van der Waals surface area contributed by atoms with Crippen molar-refractivity contribution in [1.29, 1.82) is 0 Å². The summed E-state index contributed by atoms with van der Waals surface area (Å²) in [6.07, 6.45) is -4.37. The molecule has 1 unspecified atom stereocenters. The number of hydrogen-bond donors (Lipinski definition) is 0. The SMILES string of the molecule is O=[P+](c1ccccc1)c1ccccc1-c1ccc(C(F)(F)F)cc1. The van der Waals surface area contributed by atoms with Crippen molar-refractivity contribution in [3.63, 3.8) is 0 Å². The minimum absolute atomic E-state index is 0.609. The molecular weight excluding hydrogens is 332 g/mol. The molecule has 0 spiro atoms. The van der Waals surface area contributed by atoms with Crippen LogP contribution in [0.15, 0.2) is 78.9 Å².